The largest absolute Gasteiger partial charge is 0.334 e. The molecule has 9 nitrogen and oxygen atoms in total. The van der Waals surface area contributed by atoms with Crippen molar-refractivity contribution in [1.82, 2.24) is 14.6 Å². The number of benzene rings is 2. The van der Waals surface area contributed by atoms with Crippen molar-refractivity contribution in [1.29, 1.82) is 0 Å². The molecule has 3 rings (SSSR count). The summed E-state index contributed by atoms with van der Waals surface area (Å²) >= 11 is 0. The lowest BCUT2D eigenvalue weighted by Gasteiger charge is -2.13. The number of nitrogens with zero attached hydrogens (tertiary/aromatic N) is 2. The second kappa shape index (κ2) is 9.47. The highest BCUT2D eigenvalue weighted by molar-refractivity contribution is 7.91. The number of rotatable bonds is 7. The van der Waals surface area contributed by atoms with Crippen LogP contribution in [0.3, 0.4) is 0 Å². The molecule has 2 amide bonds. The standard InChI is InChI=1S/C21H22N4O5S2/c1-25(2)32(29,30)20-7-3-6-19(13-20)31(27,28)18-10-8-17(9-11-18)24-21(26)23-15-16-5-4-12-22-14-16/h3-14H,15H2,1-2H3,(H2,23,24,26). The van der Waals surface area contributed by atoms with Crippen LogP contribution in [-0.4, -0.2) is 46.3 Å². The van der Waals surface area contributed by atoms with E-state index in [-0.39, 0.29) is 14.7 Å². The van der Waals surface area contributed by atoms with Crippen LogP contribution in [-0.2, 0) is 26.4 Å². The maximum absolute atomic E-state index is 13.0. The number of hydrogen-bond donors (Lipinski definition) is 2. The van der Waals surface area contributed by atoms with Gasteiger partial charge in [0.2, 0.25) is 19.9 Å². The van der Waals surface area contributed by atoms with E-state index in [1.54, 1.807) is 18.5 Å². The van der Waals surface area contributed by atoms with Crippen molar-refractivity contribution in [3.8, 4) is 0 Å². The molecule has 0 fully saturated rings. The van der Waals surface area contributed by atoms with Gasteiger partial charge in [0, 0.05) is 38.7 Å². The quantitative estimate of drug-likeness (QED) is 0.542. The van der Waals surface area contributed by atoms with Gasteiger partial charge in [-0.25, -0.2) is 25.9 Å². The van der Waals surface area contributed by atoms with E-state index in [1.165, 1.54) is 56.6 Å². The van der Waals surface area contributed by atoms with E-state index >= 15 is 0 Å². The fourth-order valence-electron chi connectivity index (χ4n) is 2.73. The van der Waals surface area contributed by atoms with Gasteiger partial charge in [0.05, 0.1) is 14.7 Å². The first kappa shape index (κ1) is 23.4. The lowest BCUT2D eigenvalue weighted by Crippen LogP contribution is -2.28. The molecule has 0 unspecified atom stereocenters. The van der Waals surface area contributed by atoms with Gasteiger partial charge in [0.25, 0.3) is 0 Å². The predicted octanol–water partition coefficient (Wildman–Crippen LogP) is 2.49. The highest BCUT2D eigenvalue weighted by Crippen LogP contribution is 2.25. The number of amides is 2. The molecule has 3 aromatic rings. The van der Waals surface area contributed by atoms with E-state index < -0.39 is 25.9 Å². The fraction of sp³-hybridized carbons (Fsp3) is 0.143. The van der Waals surface area contributed by atoms with Crippen LogP contribution in [0, 0.1) is 0 Å². The van der Waals surface area contributed by atoms with E-state index in [9.17, 15) is 21.6 Å². The molecule has 0 bridgehead atoms. The van der Waals surface area contributed by atoms with Gasteiger partial charge in [0.1, 0.15) is 0 Å². The Labute approximate surface area is 187 Å². The number of nitrogens with one attached hydrogen (secondary N) is 2. The van der Waals surface area contributed by atoms with Crippen molar-refractivity contribution in [3.05, 3.63) is 78.6 Å². The molecule has 1 aromatic heterocycles. The van der Waals surface area contributed by atoms with Crippen LogP contribution in [0.4, 0.5) is 10.5 Å². The molecule has 1 heterocycles. The van der Waals surface area contributed by atoms with Crippen LogP contribution in [0.1, 0.15) is 5.56 Å². The van der Waals surface area contributed by atoms with Gasteiger partial charge in [-0.1, -0.05) is 12.1 Å². The van der Waals surface area contributed by atoms with E-state index in [0.717, 1.165) is 15.9 Å². The predicted molar refractivity (Wildman–Crippen MR) is 119 cm³/mol. The van der Waals surface area contributed by atoms with Crippen molar-refractivity contribution in [2.75, 3.05) is 19.4 Å². The second-order valence-electron chi connectivity index (χ2n) is 6.96. The Balaban J connectivity index is 1.73. The molecule has 32 heavy (non-hydrogen) atoms. The number of anilines is 1. The van der Waals surface area contributed by atoms with Gasteiger partial charge >= 0.3 is 6.03 Å². The number of pyridine rings is 1. The first-order chi connectivity index (χ1) is 15.1. The van der Waals surface area contributed by atoms with Gasteiger partial charge < -0.3 is 10.6 Å². The highest BCUT2D eigenvalue weighted by Gasteiger charge is 2.22. The highest BCUT2D eigenvalue weighted by atomic mass is 32.2. The summed E-state index contributed by atoms with van der Waals surface area (Å²) < 4.78 is 51.6. The van der Waals surface area contributed by atoms with Crippen LogP contribution >= 0.6 is 0 Å². The molecule has 11 heteroatoms. The van der Waals surface area contributed by atoms with E-state index in [2.05, 4.69) is 15.6 Å². The van der Waals surface area contributed by atoms with Crippen LogP contribution < -0.4 is 10.6 Å². The van der Waals surface area contributed by atoms with E-state index in [4.69, 9.17) is 0 Å². The number of urea groups is 1. The van der Waals surface area contributed by atoms with Crippen LogP contribution in [0.5, 0.6) is 0 Å². The Morgan fingerprint density at radius 1 is 0.906 bits per heavy atom. The Kier molecular flexibility index (Phi) is 6.92. The van der Waals surface area contributed by atoms with Gasteiger partial charge in [-0.3, -0.25) is 4.98 Å². The number of hydrogen-bond acceptors (Lipinski definition) is 6. The Bertz CT molecular complexity index is 1310. The Hall–Kier alpha value is -3.28. The molecule has 0 spiro atoms. The molecule has 0 radical (unpaired) electrons. The second-order valence-corrected chi connectivity index (χ2v) is 11.1. The normalized spacial score (nSPS) is 11.8. The Morgan fingerprint density at radius 2 is 1.59 bits per heavy atom. The van der Waals surface area contributed by atoms with E-state index in [0.29, 0.717) is 12.2 Å². The lowest BCUT2D eigenvalue weighted by atomic mass is 10.3. The monoisotopic (exact) mass is 474 g/mol. The number of sulfone groups is 1. The van der Waals surface area contributed by atoms with Crippen LogP contribution in [0.2, 0.25) is 0 Å². The molecule has 0 saturated heterocycles. The molecule has 0 aliphatic carbocycles. The van der Waals surface area contributed by atoms with Crippen molar-refractivity contribution in [2.45, 2.75) is 21.2 Å². The van der Waals surface area contributed by atoms with Gasteiger partial charge in [-0.15, -0.1) is 0 Å². The van der Waals surface area contributed by atoms with Gasteiger partial charge in [-0.2, -0.15) is 0 Å². The summed E-state index contributed by atoms with van der Waals surface area (Å²) in [5, 5.41) is 5.30. The third-order valence-electron chi connectivity index (χ3n) is 4.49. The first-order valence-corrected chi connectivity index (χ1v) is 12.3. The average molecular weight is 475 g/mol. The minimum atomic E-state index is -3.96. The molecule has 0 atom stereocenters. The van der Waals surface area contributed by atoms with Crippen molar-refractivity contribution < 1.29 is 21.6 Å². The zero-order valence-corrected chi connectivity index (χ0v) is 19.0. The summed E-state index contributed by atoms with van der Waals surface area (Å²) in [4.78, 5) is 15.7. The minimum absolute atomic E-state index is 0.0294. The third-order valence-corrected chi connectivity index (χ3v) is 8.07. The van der Waals surface area contributed by atoms with Crippen molar-refractivity contribution in [2.24, 2.45) is 0 Å². The maximum Gasteiger partial charge on any atom is 0.319 e. The number of sulfonamides is 1. The van der Waals surface area contributed by atoms with Crippen LogP contribution in [0.15, 0.2) is 87.7 Å². The van der Waals surface area contributed by atoms with E-state index in [1.807, 2.05) is 6.07 Å². The van der Waals surface area contributed by atoms with Gasteiger partial charge in [0.15, 0.2) is 0 Å². The third kappa shape index (κ3) is 5.31. The molecule has 2 N–H and O–H groups in total. The lowest BCUT2D eigenvalue weighted by molar-refractivity contribution is 0.251. The average Bonchev–Trinajstić information content (AvgIpc) is 2.79. The zero-order valence-electron chi connectivity index (χ0n) is 17.4. The molecular weight excluding hydrogens is 452 g/mol. The maximum atomic E-state index is 13.0. The summed E-state index contributed by atoms with van der Waals surface area (Å²) in [6.45, 7) is 0.290. The molecule has 0 aliphatic heterocycles. The summed E-state index contributed by atoms with van der Waals surface area (Å²) in [7, 11) is -4.99. The topological polar surface area (TPSA) is 126 Å². The van der Waals surface area contributed by atoms with Gasteiger partial charge in [-0.05, 0) is 54.1 Å². The smallest absolute Gasteiger partial charge is 0.319 e. The number of carbonyl (C=O) groups excluding carboxylic acids is 1. The Morgan fingerprint density at radius 3 is 2.22 bits per heavy atom. The van der Waals surface area contributed by atoms with Crippen molar-refractivity contribution >= 4 is 31.6 Å². The molecule has 2 aromatic carbocycles. The molecule has 0 aliphatic rings. The van der Waals surface area contributed by atoms with Crippen LogP contribution in [0.25, 0.3) is 0 Å². The summed E-state index contributed by atoms with van der Waals surface area (Å²) in [5.41, 5.74) is 1.24. The van der Waals surface area contributed by atoms with Crippen molar-refractivity contribution in [3.63, 3.8) is 0 Å². The first-order valence-electron chi connectivity index (χ1n) is 9.42. The zero-order chi connectivity index (χ0) is 23.4. The minimum Gasteiger partial charge on any atom is -0.334 e. The summed E-state index contributed by atoms with van der Waals surface area (Å²) in [6, 6.07) is 13.9. The summed E-state index contributed by atoms with van der Waals surface area (Å²) in [6.07, 6.45) is 3.27. The molecular formula is C21H22N4O5S2. The molecule has 168 valence electrons. The summed E-state index contributed by atoms with van der Waals surface area (Å²) in [5.74, 6) is 0. The SMILES string of the molecule is CN(C)S(=O)(=O)c1cccc(S(=O)(=O)c2ccc(NC(=O)NCc3cccnc3)cc2)c1. The molecule has 0 saturated carbocycles. The fourth-order valence-corrected chi connectivity index (χ4v) is 5.06. The number of carbonyl (C=O) groups is 1. The number of aromatic nitrogens is 1.